The van der Waals surface area contributed by atoms with Crippen molar-refractivity contribution in [1.29, 1.82) is 0 Å². The van der Waals surface area contributed by atoms with Gasteiger partial charge in [-0.25, -0.2) is 0 Å². The summed E-state index contributed by atoms with van der Waals surface area (Å²) in [5.41, 5.74) is 2.50. The monoisotopic (exact) mass is 341 g/mol. The molecule has 0 fully saturated rings. The minimum Gasteiger partial charge on any atom is -0.308 e. The van der Waals surface area contributed by atoms with Crippen LogP contribution in [0.5, 0.6) is 0 Å². The predicted molar refractivity (Wildman–Crippen MR) is 84.7 cm³/mol. The van der Waals surface area contributed by atoms with E-state index in [1.165, 1.54) is 14.9 Å². The van der Waals surface area contributed by atoms with Crippen LogP contribution in [0.4, 0.5) is 0 Å². The van der Waals surface area contributed by atoms with Gasteiger partial charge in [0, 0.05) is 33.2 Å². The molecule has 0 spiro atoms. The molecule has 5 heteroatoms. The largest absolute Gasteiger partial charge is 0.308 e. The maximum absolute atomic E-state index is 4.59. The van der Waals surface area contributed by atoms with Crippen molar-refractivity contribution in [3.63, 3.8) is 0 Å². The second kappa shape index (κ2) is 5.77. The van der Waals surface area contributed by atoms with Crippen molar-refractivity contribution in [1.82, 2.24) is 15.1 Å². The van der Waals surface area contributed by atoms with Gasteiger partial charge in [-0.05, 0) is 55.1 Å². The van der Waals surface area contributed by atoms with Crippen molar-refractivity contribution in [3.05, 3.63) is 38.3 Å². The average molecular weight is 342 g/mol. The van der Waals surface area contributed by atoms with Gasteiger partial charge in [0.25, 0.3) is 0 Å². The third-order valence-electron chi connectivity index (χ3n) is 2.85. The molecule has 1 N–H and O–H groups in total. The number of halogens is 1. The van der Waals surface area contributed by atoms with E-state index in [0.29, 0.717) is 0 Å². The highest BCUT2D eigenvalue weighted by Crippen LogP contribution is 2.23. The van der Waals surface area contributed by atoms with Crippen LogP contribution in [0.1, 0.15) is 36.9 Å². The molecule has 0 aliphatic rings. The first kappa shape index (κ1) is 14.8. The first-order valence-electron chi connectivity index (χ1n) is 6.35. The van der Waals surface area contributed by atoms with E-state index in [9.17, 15) is 0 Å². The number of thiophene rings is 1. The maximum Gasteiger partial charge on any atom is 0.0763 e. The fourth-order valence-electron chi connectivity index (χ4n) is 1.76. The summed E-state index contributed by atoms with van der Waals surface area (Å²) in [4.78, 5) is 1.30. The molecule has 2 rings (SSSR count). The quantitative estimate of drug-likeness (QED) is 0.912. The molecule has 0 aliphatic carbocycles. The molecule has 19 heavy (non-hydrogen) atoms. The van der Waals surface area contributed by atoms with Gasteiger partial charge in [0.15, 0.2) is 0 Å². The van der Waals surface area contributed by atoms with Crippen molar-refractivity contribution in [2.24, 2.45) is 0 Å². The molecule has 104 valence electrons. The smallest absolute Gasteiger partial charge is 0.0763 e. The fraction of sp³-hybridized carbons (Fsp3) is 0.500. The van der Waals surface area contributed by atoms with Crippen LogP contribution in [0, 0.1) is 6.92 Å². The van der Waals surface area contributed by atoms with E-state index < -0.39 is 0 Å². The van der Waals surface area contributed by atoms with Crippen molar-refractivity contribution in [3.8, 4) is 0 Å². The predicted octanol–water partition coefficient (Wildman–Crippen LogP) is 3.95. The van der Waals surface area contributed by atoms with Crippen LogP contribution in [-0.2, 0) is 13.1 Å². The van der Waals surface area contributed by atoms with Gasteiger partial charge in [-0.1, -0.05) is 0 Å². The van der Waals surface area contributed by atoms with Crippen LogP contribution in [-0.4, -0.2) is 15.3 Å². The van der Waals surface area contributed by atoms with E-state index in [1.807, 2.05) is 4.68 Å². The maximum atomic E-state index is 4.59. The number of nitrogens with zero attached hydrogens (tertiary/aromatic N) is 2. The summed E-state index contributed by atoms with van der Waals surface area (Å²) < 4.78 is 3.19. The van der Waals surface area contributed by atoms with Gasteiger partial charge >= 0.3 is 0 Å². The highest BCUT2D eigenvalue weighted by Gasteiger charge is 2.12. The van der Waals surface area contributed by atoms with E-state index in [1.54, 1.807) is 11.3 Å². The molecule has 2 heterocycles. The van der Waals surface area contributed by atoms with Crippen molar-refractivity contribution in [2.75, 3.05) is 0 Å². The molecule has 0 saturated heterocycles. The Morgan fingerprint density at radius 3 is 2.74 bits per heavy atom. The van der Waals surface area contributed by atoms with Crippen LogP contribution in [0.15, 0.2) is 22.1 Å². The molecule has 3 nitrogen and oxygen atoms in total. The van der Waals surface area contributed by atoms with E-state index in [-0.39, 0.29) is 5.54 Å². The third-order valence-corrected chi connectivity index (χ3v) is 4.76. The van der Waals surface area contributed by atoms with E-state index in [2.05, 4.69) is 71.7 Å². The lowest BCUT2D eigenvalue weighted by atomic mass is 10.1. The zero-order chi connectivity index (χ0) is 14.0. The molecular weight excluding hydrogens is 322 g/mol. The van der Waals surface area contributed by atoms with Crippen molar-refractivity contribution < 1.29 is 0 Å². The van der Waals surface area contributed by atoms with Gasteiger partial charge in [0.2, 0.25) is 0 Å². The normalized spacial score (nSPS) is 12.1. The van der Waals surface area contributed by atoms with Gasteiger partial charge in [0.1, 0.15) is 0 Å². The molecule has 0 saturated carbocycles. The van der Waals surface area contributed by atoms with Gasteiger partial charge < -0.3 is 5.32 Å². The highest BCUT2D eigenvalue weighted by atomic mass is 79.9. The lowest BCUT2D eigenvalue weighted by Gasteiger charge is -2.20. The van der Waals surface area contributed by atoms with Crippen LogP contribution in [0.25, 0.3) is 0 Å². The number of hydrogen-bond acceptors (Lipinski definition) is 3. The Balaban J connectivity index is 2.06. The zero-order valence-electron chi connectivity index (χ0n) is 11.8. The van der Waals surface area contributed by atoms with Crippen LogP contribution >= 0.6 is 27.3 Å². The van der Waals surface area contributed by atoms with Crippen LogP contribution in [0.3, 0.4) is 0 Å². The fourth-order valence-corrected chi connectivity index (χ4v) is 3.23. The first-order valence-corrected chi connectivity index (χ1v) is 8.02. The highest BCUT2D eigenvalue weighted by molar-refractivity contribution is 9.10. The van der Waals surface area contributed by atoms with Gasteiger partial charge in [0.05, 0.1) is 12.2 Å². The molecular formula is C14H20BrN3S. The number of aryl methyl sites for hydroxylation is 1. The minimum absolute atomic E-state index is 0.130. The molecule has 0 aromatic carbocycles. The Morgan fingerprint density at radius 1 is 1.42 bits per heavy atom. The van der Waals surface area contributed by atoms with Crippen molar-refractivity contribution in [2.45, 2.75) is 46.3 Å². The minimum atomic E-state index is 0.130. The van der Waals surface area contributed by atoms with E-state index in [4.69, 9.17) is 0 Å². The first-order chi connectivity index (χ1) is 8.85. The Morgan fingerprint density at radius 2 is 2.16 bits per heavy atom. The summed E-state index contributed by atoms with van der Waals surface area (Å²) in [6, 6.07) is 2.08. The summed E-state index contributed by atoms with van der Waals surface area (Å²) >= 11 is 5.32. The molecule has 0 amide bonds. The van der Waals surface area contributed by atoms with Crippen molar-refractivity contribution >= 4 is 27.3 Å². The number of hydrogen-bond donors (Lipinski definition) is 1. The topological polar surface area (TPSA) is 29.9 Å². The van der Waals surface area contributed by atoms with Gasteiger partial charge in [-0.15, -0.1) is 11.3 Å². The van der Waals surface area contributed by atoms with Gasteiger partial charge in [-0.3, -0.25) is 4.68 Å². The molecule has 0 bridgehead atoms. The molecule has 2 aromatic rings. The molecule has 0 unspecified atom stereocenters. The van der Waals surface area contributed by atoms with E-state index in [0.717, 1.165) is 18.8 Å². The summed E-state index contributed by atoms with van der Waals surface area (Å²) in [7, 11) is 0. The van der Waals surface area contributed by atoms with E-state index >= 15 is 0 Å². The van der Waals surface area contributed by atoms with Gasteiger partial charge in [-0.2, -0.15) is 5.10 Å². The summed E-state index contributed by atoms with van der Waals surface area (Å²) in [6.45, 7) is 10.3. The zero-order valence-corrected chi connectivity index (χ0v) is 14.2. The molecule has 2 aromatic heterocycles. The second-order valence-electron chi connectivity index (χ2n) is 5.73. The standard InChI is InChI=1S/C14H20BrN3S/c1-10-11(7-16-14(2,3)4)8-18(17-10)9-13-12(15)5-6-19-13/h5-6,8,16H,7,9H2,1-4H3. The number of nitrogens with one attached hydrogen (secondary N) is 1. The Labute approximate surface area is 127 Å². The summed E-state index contributed by atoms with van der Waals surface area (Å²) in [6.07, 6.45) is 2.14. The lowest BCUT2D eigenvalue weighted by Crippen LogP contribution is -2.35. The molecule has 0 atom stereocenters. The Kier molecular flexibility index (Phi) is 4.48. The van der Waals surface area contributed by atoms with Crippen LogP contribution < -0.4 is 5.32 Å². The third kappa shape index (κ3) is 4.16. The summed E-state index contributed by atoms with van der Waals surface area (Å²) in [5, 5.41) is 10.2. The summed E-state index contributed by atoms with van der Waals surface area (Å²) in [5.74, 6) is 0. The number of aromatic nitrogens is 2. The lowest BCUT2D eigenvalue weighted by molar-refractivity contribution is 0.423. The molecule has 0 aliphatic heterocycles. The number of rotatable bonds is 4. The SMILES string of the molecule is Cc1nn(Cc2sccc2Br)cc1CNC(C)(C)C. The van der Waals surface area contributed by atoms with Crippen LogP contribution in [0.2, 0.25) is 0 Å². The Bertz CT molecular complexity index is 551. The second-order valence-corrected chi connectivity index (χ2v) is 7.59. The molecule has 0 radical (unpaired) electrons. The Hall–Kier alpha value is -0.650. The average Bonchev–Trinajstić information content (AvgIpc) is 2.83.